The highest BCUT2D eigenvalue weighted by Gasteiger charge is 2.23. The Kier molecular flexibility index (Phi) is 4.96. The summed E-state index contributed by atoms with van der Waals surface area (Å²) in [7, 11) is 0. The third kappa shape index (κ3) is 3.69. The van der Waals surface area contributed by atoms with Gasteiger partial charge in [-0.2, -0.15) is 0 Å². The molecule has 1 aromatic rings. The molecule has 0 bridgehead atoms. The van der Waals surface area contributed by atoms with E-state index in [4.69, 9.17) is 17.3 Å². The molecule has 1 amide bonds. The second kappa shape index (κ2) is 6.52. The number of amides is 1. The van der Waals surface area contributed by atoms with E-state index in [0.29, 0.717) is 6.54 Å². The third-order valence-electron chi connectivity index (χ3n) is 3.76. The molecule has 1 saturated heterocycles. The number of primary amides is 1. The van der Waals surface area contributed by atoms with Gasteiger partial charge < -0.3 is 5.73 Å². The molecule has 0 aromatic heterocycles. The van der Waals surface area contributed by atoms with Crippen molar-refractivity contribution in [3.63, 3.8) is 0 Å². The topological polar surface area (TPSA) is 49.6 Å². The normalized spacial score (nSPS) is 18.9. The maximum atomic E-state index is 13.4. The minimum atomic E-state index is -0.384. The van der Waals surface area contributed by atoms with E-state index >= 15 is 0 Å². The van der Waals surface area contributed by atoms with Crippen LogP contribution < -0.4 is 5.73 Å². The zero-order chi connectivity index (χ0) is 14.7. The fourth-order valence-electron chi connectivity index (χ4n) is 2.38. The zero-order valence-corrected chi connectivity index (χ0v) is 12.2. The Bertz CT molecular complexity index is 489. The quantitative estimate of drug-likeness (QED) is 0.916. The van der Waals surface area contributed by atoms with Crippen molar-refractivity contribution in [3.8, 4) is 0 Å². The van der Waals surface area contributed by atoms with Gasteiger partial charge in [-0.25, -0.2) is 4.39 Å². The summed E-state index contributed by atoms with van der Waals surface area (Å²) in [4.78, 5) is 15.5. The Morgan fingerprint density at radius 3 is 2.60 bits per heavy atom. The molecule has 1 atom stereocenters. The average Bonchev–Trinajstić information content (AvgIpc) is 2.43. The molecular formula is C14H19ClFN3O. The van der Waals surface area contributed by atoms with Crippen molar-refractivity contribution in [2.75, 3.05) is 26.2 Å². The number of benzene rings is 1. The average molecular weight is 300 g/mol. The van der Waals surface area contributed by atoms with E-state index < -0.39 is 0 Å². The Hall–Kier alpha value is -1.17. The monoisotopic (exact) mass is 299 g/mol. The molecule has 1 aliphatic heterocycles. The lowest BCUT2D eigenvalue weighted by atomic mass is 10.1. The third-order valence-corrected chi connectivity index (χ3v) is 4.06. The Labute approximate surface area is 123 Å². The summed E-state index contributed by atoms with van der Waals surface area (Å²) in [5, 5.41) is 0.147. The minimum Gasteiger partial charge on any atom is -0.368 e. The van der Waals surface area contributed by atoms with Crippen LogP contribution in [-0.4, -0.2) is 47.9 Å². The minimum absolute atomic E-state index is 0.147. The number of carbonyl (C=O) groups excluding carboxylic acids is 1. The van der Waals surface area contributed by atoms with Crippen LogP contribution in [0.2, 0.25) is 5.02 Å². The van der Waals surface area contributed by atoms with Gasteiger partial charge in [0.1, 0.15) is 5.82 Å². The second-order valence-corrected chi connectivity index (χ2v) is 5.55. The van der Waals surface area contributed by atoms with Gasteiger partial charge in [-0.15, -0.1) is 0 Å². The lowest BCUT2D eigenvalue weighted by molar-refractivity contribution is -0.123. The number of piperazine rings is 1. The van der Waals surface area contributed by atoms with Crippen LogP contribution >= 0.6 is 11.6 Å². The molecule has 0 aliphatic carbocycles. The molecule has 2 N–H and O–H groups in total. The lowest BCUT2D eigenvalue weighted by Gasteiger charge is -2.36. The standard InChI is InChI=1S/C14H19ClFN3O/c1-10(14(17)20)19-6-4-18(5-7-19)9-11-2-3-12(15)13(16)8-11/h2-3,8,10H,4-7,9H2,1H3,(H2,17,20)/t10-/m0/s1. The van der Waals surface area contributed by atoms with Crippen LogP contribution in [0.1, 0.15) is 12.5 Å². The number of halogens is 2. The van der Waals surface area contributed by atoms with Gasteiger partial charge in [-0.1, -0.05) is 17.7 Å². The van der Waals surface area contributed by atoms with Gasteiger partial charge in [0.05, 0.1) is 11.1 Å². The molecule has 1 heterocycles. The summed E-state index contributed by atoms with van der Waals surface area (Å²) in [5.41, 5.74) is 6.21. The number of rotatable bonds is 4. The van der Waals surface area contributed by atoms with E-state index in [-0.39, 0.29) is 22.8 Å². The molecule has 1 fully saturated rings. The Morgan fingerprint density at radius 1 is 1.40 bits per heavy atom. The highest BCUT2D eigenvalue weighted by atomic mass is 35.5. The summed E-state index contributed by atoms with van der Waals surface area (Å²) in [6.07, 6.45) is 0. The molecule has 1 aromatic carbocycles. The van der Waals surface area contributed by atoms with Crippen LogP contribution in [0, 0.1) is 5.82 Å². The molecule has 0 radical (unpaired) electrons. The molecule has 0 unspecified atom stereocenters. The lowest BCUT2D eigenvalue weighted by Crippen LogP contribution is -2.52. The molecule has 1 aliphatic rings. The summed E-state index contributed by atoms with van der Waals surface area (Å²) in [5.74, 6) is -0.677. The summed E-state index contributed by atoms with van der Waals surface area (Å²) in [6.45, 7) is 5.77. The highest BCUT2D eigenvalue weighted by Crippen LogP contribution is 2.17. The summed E-state index contributed by atoms with van der Waals surface area (Å²) in [6, 6.07) is 4.66. The molecule has 2 rings (SSSR count). The van der Waals surface area contributed by atoms with Crippen LogP contribution in [-0.2, 0) is 11.3 Å². The number of carbonyl (C=O) groups is 1. The highest BCUT2D eigenvalue weighted by molar-refractivity contribution is 6.30. The first-order chi connectivity index (χ1) is 9.47. The predicted molar refractivity (Wildman–Crippen MR) is 76.9 cm³/mol. The van der Waals surface area contributed by atoms with Crippen molar-refractivity contribution in [2.45, 2.75) is 19.5 Å². The summed E-state index contributed by atoms with van der Waals surface area (Å²) >= 11 is 5.67. The van der Waals surface area contributed by atoms with E-state index in [9.17, 15) is 9.18 Å². The van der Waals surface area contributed by atoms with Gasteiger partial charge in [-0.05, 0) is 24.6 Å². The SMILES string of the molecule is C[C@@H](C(N)=O)N1CCN(Cc2ccc(Cl)c(F)c2)CC1. The van der Waals surface area contributed by atoms with E-state index in [2.05, 4.69) is 9.80 Å². The van der Waals surface area contributed by atoms with Gasteiger partial charge in [0.2, 0.25) is 5.91 Å². The van der Waals surface area contributed by atoms with Gasteiger partial charge in [-0.3, -0.25) is 14.6 Å². The van der Waals surface area contributed by atoms with Crippen LogP contribution in [0.25, 0.3) is 0 Å². The fourth-order valence-corrected chi connectivity index (χ4v) is 2.50. The smallest absolute Gasteiger partial charge is 0.234 e. The first-order valence-corrected chi connectivity index (χ1v) is 7.05. The Morgan fingerprint density at radius 2 is 2.05 bits per heavy atom. The van der Waals surface area contributed by atoms with Crippen molar-refractivity contribution in [1.82, 2.24) is 9.80 Å². The molecule has 0 saturated carbocycles. The molecule has 20 heavy (non-hydrogen) atoms. The first-order valence-electron chi connectivity index (χ1n) is 6.67. The maximum Gasteiger partial charge on any atom is 0.234 e. The second-order valence-electron chi connectivity index (χ2n) is 5.14. The number of nitrogens with two attached hydrogens (primary N) is 1. The molecule has 0 spiro atoms. The molecular weight excluding hydrogens is 281 g/mol. The predicted octanol–water partition coefficient (Wildman–Crippen LogP) is 1.47. The van der Waals surface area contributed by atoms with Gasteiger partial charge in [0.15, 0.2) is 0 Å². The first kappa shape index (κ1) is 15.2. The fraction of sp³-hybridized carbons (Fsp3) is 0.500. The van der Waals surface area contributed by atoms with Crippen LogP contribution in [0.5, 0.6) is 0 Å². The maximum absolute atomic E-state index is 13.4. The van der Waals surface area contributed by atoms with Gasteiger partial charge in [0.25, 0.3) is 0 Å². The van der Waals surface area contributed by atoms with Crippen molar-refractivity contribution in [1.29, 1.82) is 0 Å². The van der Waals surface area contributed by atoms with Crippen molar-refractivity contribution in [2.24, 2.45) is 5.73 Å². The van der Waals surface area contributed by atoms with Crippen LogP contribution in [0.15, 0.2) is 18.2 Å². The Balaban J connectivity index is 1.88. The molecule has 110 valence electrons. The molecule has 6 heteroatoms. The van der Waals surface area contributed by atoms with E-state index in [1.54, 1.807) is 6.07 Å². The van der Waals surface area contributed by atoms with Crippen LogP contribution in [0.4, 0.5) is 4.39 Å². The zero-order valence-electron chi connectivity index (χ0n) is 11.5. The number of hydrogen-bond acceptors (Lipinski definition) is 3. The van der Waals surface area contributed by atoms with E-state index in [1.165, 1.54) is 6.07 Å². The van der Waals surface area contributed by atoms with E-state index in [1.807, 2.05) is 13.0 Å². The van der Waals surface area contributed by atoms with Crippen LogP contribution in [0.3, 0.4) is 0 Å². The summed E-state index contributed by atoms with van der Waals surface area (Å²) < 4.78 is 13.4. The van der Waals surface area contributed by atoms with Crippen molar-refractivity contribution in [3.05, 3.63) is 34.6 Å². The van der Waals surface area contributed by atoms with Crippen molar-refractivity contribution >= 4 is 17.5 Å². The van der Waals surface area contributed by atoms with Gasteiger partial charge >= 0.3 is 0 Å². The van der Waals surface area contributed by atoms with Gasteiger partial charge in [0, 0.05) is 32.7 Å². The number of nitrogens with zero attached hydrogens (tertiary/aromatic N) is 2. The largest absolute Gasteiger partial charge is 0.368 e. The van der Waals surface area contributed by atoms with E-state index in [0.717, 1.165) is 31.7 Å². The molecule has 4 nitrogen and oxygen atoms in total. The van der Waals surface area contributed by atoms with Crippen molar-refractivity contribution < 1.29 is 9.18 Å². The number of hydrogen-bond donors (Lipinski definition) is 1.